The van der Waals surface area contributed by atoms with Gasteiger partial charge in [0.1, 0.15) is 17.3 Å². The van der Waals surface area contributed by atoms with Gasteiger partial charge in [0, 0.05) is 14.1 Å². The molecule has 11 nitrogen and oxygen atoms in total. The Kier molecular flexibility index (Phi) is 7.31. The fraction of sp³-hybridized carbons (Fsp3) is 0.294. The average Bonchev–Trinajstić information content (AvgIpc) is 2.67. The van der Waals surface area contributed by atoms with E-state index in [1.54, 1.807) is 37.2 Å². The summed E-state index contributed by atoms with van der Waals surface area (Å²) in [5.74, 6) is 0.159. The molecule has 0 aliphatic carbocycles. The number of rotatable bonds is 8. The molecule has 0 atom stereocenters. The van der Waals surface area contributed by atoms with Gasteiger partial charge in [0.15, 0.2) is 0 Å². The van der Waals surface area contributed by atoms with Crippen LogP contribution in [0.4, 0.5) is 16.7 Å². The fourth-order valence-electron chi connectivity index (χ4n) is 2.02. The highest BCUT2D eigenvalue weighted by molar-refractivity contribution is 7.90. The van der Waals surface area contributed by atoms with Crippen LogP contribution >= 0.6 is 0 Å². The molecule has 0 fully saturated rings. The molecule has 12 heteroatoms. The number of carbonyl (C=O) groups excluding carboxylic acids is 1. The molecule has 0 saturated heterocycles. The molecule has 156 valence electrons. The van der Waals surface area contributed by atoms with E-state index in [0.717, 1.165) is 0 Å². The van der Waals surface area contributed by atoms with Crippen molar-refractivity contribution in [2.45, 2.75) is 11.8 Å². The second-order valence-electron chi connectivity index (χ2n) is 5.73. The minimum atomic E-state index is -4.21. The molecule has 0 unspecified atom stereocenters. The van der Waals surface area contributed by atoms with E-state index in [0.29, 0.717) is 0 Å². The standard InChI is InChI=1S/C17H22N6O5S/c1-5-6-11-28-12-9-7-8-10-13(12)29(25,26)22-16(24)19-14-18-15(23(2)3)21-17(20-14)27-4/h5-10H,11H2,1-4H3,(H2,18,19,20,21,22,24). The van der Waals surface area contributed by atoms with Crippen LogP contribution in [0, 0.1) is 0 Å². The van der Waals surface area contributed by atoms with Crippen LogP contribution in [0.3, 0.4) is 0 Å². The van der Waals surface area contributed by atoms with Crippen molar-refractivity contribution in [1.82, 2.24) is 19.7 Å². The number of hydrogen-bond acceptors (Lipinski definition) is 9. The topological polar surface area (TPSA) is 136 Å². The van der Waals surface area contributed by atoms with Crippen LogP contribution in [-0.2, 0) is 10.0 Å². The normalized spacial score (nSPS) is 11.2. The summed E-state index contributed by atoms with van der Waals surface area (Å²) in [4.78, 5) is 25.5. The molecule has 2 N–H and O–H groups in total. The fourth-order valence-corrected chi connectivity index (χ4v) is 3.08. The largest absolute Gasteiger partial charge is 0.488 e. The molecule has 0 spiro atoms. The Bertz CT molecular complexity index is 994. The Morgan fingerprint density at radius 1 is 1.21 bits per heavy atom. The molecule has 0 saturated carbocycles. The lowest BCUT2D eigenvalue weighted by Crippen LogP contribution is -2.35. The summed E-state index contributed by atoms with van der Waals surface area (Å²) < 4.78 is 37.6. The summed E-state index contributed by atoms with van der Waals surface area (Å²) in [6.45, 7) is 2.00. The Balaban J connectivity index is 2.20. The molecule has 1 heterocycles. The highest BCUT2D eigenvalue weighted by atomic mass is 32.2. The Hall–Kier alpha value is -3.41. The van der Waals surface area contributed by atoms with Crippen molar-refractivity contribution in [3.05, 3.63) is 36.4 Å². The lowest BCUT2D eigenvalue weighted by Gasteiger charge is -2.13. The maximum atomic E-state index is 12.6. The first kappa shape index (κ1) is 21.9. The van der Waals surface area contributed by atoms with Crippen LogP contribution in [0.15, 0.2) is 41.3 Å². The van der Waals surface area contributed by atoms with Crippen molar-refractivity contribution in [2.24, 2.45) is 0 Å². The molecule has 2 rings (SSSR count). The molecule has 2 aromatic rings. The predicted octanol–water partition coefficient (Wildman–Crippen LogP) is 1.41. The van der Waals surface area contributed by atoms with E-state index in [-0.39, 0.29) is 35.2 Å². The smallest absolute Gasteiger partial charge is 0.335 e. The molecule has 1 aromatic heterocycles. The third-order valence-electron chi connectivity index (χ3n) is 3.35. The number of nitrogens with one attached hydrogen (secondary N) is 2. The van der Waals surface area contributed by atoms with Crippen molar-refractivity contribution in [3.63, 3.8) is 0 Å². The number of benzene rings is 1. The highest BCUT2D eigenvalue weighted by Gasteiger charge is 2.23. The minimum absolute atomic E-state index is 0.0374. The van der Waals surface area contributed by atoms with Crippen molar-refractivity contribution in [2.75, 3.05) is 38.0 Å². The molecule has 2 amide bonds. The van der Waals surface area contributed by atoms with Crippen LogP contribution in [0.2, 0.25) is 0 Å². The maximum Gasteiger partial charge on any atom is 0.335 e. The monoisotopic (exact) mass is 422 g/mol. The van der Waals surface area contributed by atoms with Gasteiger partial charge in [0.25, 0.3) is 10.0 Å². The first-order valence-electron chi connectivity index (χ1n) is 8.41. The molecule has 1 aromatic carbocycles. The number of carbonyl (C=O) groups is 1. The van der Waals surface area contributed by atoms with Crippen molar-refractivity contribution >= 4 is 28.0 Å². The van der Waals surface area contributed by atoms with Gasteiger partial charge in [-0.2, -0.15) is 15.0 Å². The summed E-state index contributed by atoms with van der Waals surface area (Å²) in [6.07, 6.45) is 3.49. The van der Waals surface area contributed by atoms with Gasteiger partial charge in [-0.25, -0.2) is 17.9 Å². The van der Waals surface area contributed by atoms with Gasteiger partial charge in [-0.05, 0) is 19.1 Å². The number of amides is 2. The third-order valence-corrected chi connectivity index (χ3v) is 4.72. The van der Waals surface area contributed by atoms with E-state index in [1.165, 1.54) is 25.3 Å². The molecule has 0 aliphatic heterocycles. The van der Waals surface area contributed by atoms with Crippen LogP contribution in [0.1, 0.15) is 6.92 Å². The summed E-state index contributed by atoms with van der Waals surface area (Å²) in [7, 11) is 0.518. The molecule has 0 radical (unpaired) electrons. The van der Waals surface area contributed by atoms with Gasteiger partial charge < -0.3 is 14.4 Å². The highest BCUT2D eigenvalue weighted by Crippen LogP contribution is 2.23. The van der Waals surface area contributed by atoms with Gasteiger partial charge in [0.2, 0.25) is 11.9 Å². The number of hydrogen-bond donors (Lipinski definition) is 2. The van der Waals surface area contributed by atoms with E-state index in [9.17, 15) is 13.2 Å². The molecule has 0 bridgehead atoms. The van der Waals surface area contributed by atoms with Gasteiger partial charge in [-0.3, -0.25) is 5.32 Å². The van der Waals surface area contributed by atoms with Gasteiger partial charge >= 0.3 is 12.0 Å². The first-order chi connectivity index (χ1) is 13.8. The summed E-state index contributed by atoms with van der Waals surface area (Å²) in [5, 5.41) is 2.26. The molecular weight excluding hydrogens is 400 g/mol. The number of ether oxygens (including phenoxy) is 2. The number of aromatic nitrogens is 3. The number of anilines is 2. The number of allylic oxidation sites excluding steroid dienone is 1. The van der Waals surface area contributed by atoms with Gasteiger partial charge in [-0.1, -0.05) is 24.3 Å². The zero-order valence-electron chi connectivity index (χ0n) is 16.4. The lowest BCUT2D eigenvalue weighted by molar-refractivity contribution is 0.256. The van der Waals surface area contributed by atoms with Crippen LogP contribution in [-0.4, -0.2) is 57.2 Å². The van der Waals surface area contributed by atoms with Gasteiger partial charge in [-0.15, -0.1) is 0 Å². The van der Waals surface area contributed by atoms with Gasteiger partial charge in [0.05, 0.1) is 7.11 Å². The van der Waals surface area contributed by atoms with Crippen molar-refractivity contribution in [1.29, 1.82) is 0 Å². The second-order valence-corrected chi connectivity index (χ2v) is 7.38. The van der Waals surface area contributed by atoms with E-state index in [1.807, 2.05) is 11.6 Å². The first-order valence-corrected chi connectivity index (χ1v) is 9.89. The minimum Gasteiger partial charge on any atom is -0.488 e. The quantitative estimate of drug-likeness (QED) is 0.605. The predicted molar refractivity (Wildman–Crippen MR) is 107 cm³/mol. The second kappa shape index (κ2) is 9.68. The number of para-hydroxylation sites is 1. The lowest BCUT2D eigenvalue weighted by atomic mass is 10.3. The summed E-state index contributed by atoms with van der Waals surface area (Å²) >= 11 is 0. The number of methoxy groups -OCH3 is 1. The Morgan fingerprint density at radius 2 is 1.93 bits per heavy atom. The SMILES string of the molecule is CC=CCOc1ccccc1S(=O)(=O)NC(=O)Nc1nc(OC)nc(N(C)C)n1. The molecular formula is C17H22N6O5S. The van der Waals surface area contributed by atoms with Crippen LogP contribution in [0.5, 0.6) is 11.8 Å². The Labute approximate surface area is 168 Å². The average molecular weight is 422 g/mol. The van der Waals surface area contributed by atoms with E-state index in [2.05, 4.69) is 20.3 Å². The molecule has 29 heavy (non-hydrogen) atoms. The summed E-state index contributed by atoms with van der Waals surface area (Å²) in [6, 6.07) is 4.89. The number of nitrogens with zero attached hydrogens (tertiary/aromatic N) is 4. The van der Waals surface area contributed by atoms with E-state index in [4.69, 9.17) is 9.47 Å². The zero-order chi connectivity index (χ0) is 21.4. The van der Waals surface area contributed by atoms with Crippen molar-refractivity contribution < 1.29 is 22.7 Å². The maximum absolute atomic E-state index is 12.6. The van der Waals surface area contributed by atoms with E-state index >= 15 is 0 Å². The summed E-state index contributed by atoms with van der Waals surface area (Å²) in [5.41, 5.74) is 0. The molecule has 0 aliphatic rings. The van der Waals surface area contributed by atoms with Crippen LogP contribution < -0.4 is 24.4 Å². The number of sulfonamides is 1. The van der Waals surface area contributed by atoms with Crippen molar-refractivity contribution in [3.8, 4) is 11.8 Å². The number of urea groups is 1. The zero-order valence-corrected chi connectivity index (χ0v) is 17.2. The Morgan fingerprint density at radius 3 is 2.59 bits per heavy atom. The van der Waals surface area contributed by atoms with E-state index < -0.39 is 16.1 Å². The van der Waals surface area contributed by atoms with Crippen LogP contribution in [0.25, 0.3) is 0 Å². The third kappa shape index (κ3) is 6.04.